The van der Waals surface area contributed by atoms with Crippen LogP contribution in [0.1, 0.15) is 0 Å². The van der Waals surface area contributed by atoms with Crippen molar-refractivity contribution >= 4 is 17.0 Å². The Balaban J connectivity index is 2.11. The maximum Gasteiger partial charge on any atom is 0.148 e. The van der Waals surface area contributed by atoms with Gasteiger partial charge < -0.3 is 5.73 Å². The zero-order chi connectivity index (χ0) is 12.5. The van der Waals surface area contributed by atoms with Crippen LogP contribution in [-0.4, -0.2) is 9.78 Å². The minimum absolute atomic E-state index is 0.322. The van der Waals surface area contributed by atoms with Crippen LogP contribution in [0.4, 0.5) is 10.1 Å². The highest BCUT2D eigenvalue weighted by Crippen LogP contribution is 2.29. The molecule has 90 valence electrons. The van der Waals surface area contributed by atoms with Crippen LogP contribution in [0.3, 0.4) is 0 Å². The number of nitrogen functional groups attached to an aromatic ring is 1. The van der Waals surface area contributed by atoms with Crippen molar-refractivity contribution in [2.24, 2.45) is 0 Å². The molecule has 0 radical (unpaired) electrons. The Morgan fingerprint density at radius 2 is 2.00 bits per heavy atom. The molecule has 0 amide bonds. The number of halogens is 1. The van der Waals surface area contributed by atoms with Crippen molar-refractivity contribution < 1.29 is 4.39 Å². The van der Waals surface area contributed by atoms with Gasteiger partial charge in [0, 0.05) is 0 Å². The number of benzene rings is 1. The van der Waals surface area contributed by atoms with E-state index in [1.807, 2.05) is 17.5 Å². The maximum atomic E-state index is 13.7. The molecular formula is C13H10FN3S. The predicted octanol–water partition coefficient (Wildman–Crippen LogP) is 3.32. The molecule has 0 aliphatic carbocycles. The molecule has 3 nitrogen and oxygen atoms in total. The number of anilines is 1. The minimum Gasteiger partial charge on any atom is -0.396 e. The van der Waals surface area contributed by atoms with E-state index in [9.17, 15) is 4.39 Å². The normalized spacial score (nSPS) is 10.7. The maximum absolute atomic E-state index is 13.7. The lowest BCUT2D eigenvalue weighted by atomic mass is 10.3. The average Bonchev–Trinajstić information content (AvgIpc) is 2.98. The third kappa shape index (κ3) is 1.78. The lowest BCUT2D eigenvalue weighted by Gasteiger charge is -2.01. The average molecular weight is 259 g/mol. The molecule has 0 bridgehead atoms. The molecule has 0 saturated heterocycles. The summed E-state index contributed by atoms with van der Waals surface area (Å²) in [5.41, 5.74) is 7.55. The summed E-state index contributed by atoms with van der Waals surface area (Å²) in [5.74, 6) is -0.322. The molecule has 0 atom stereocenters. The van der Waals surface area contributed by atoms with Gasteiger partial charge in [-0.3, -0.25) is 0 Å². The van der Waals surface area contributed by atoms with Gasteiger partial charge >= 0.3 is 0 Å². The van der Waals surface area contributed by atoms with E-state index in [-0.39, 0.29) is 5.82 Å². The molecule has 0 unspecified atom stereocenters. The van der Waals surface area contributed by atoms with Gasteiger partial charge in [-0.1, -0.05) is 18.2 Å². The number of rotatable bonds is 2. The molecule has 2 heterocycles. The fraction of sp³-hybridized carbons (Fsp3) is 0. The number of thiophene rings is 1. The van der Waals surface area contributed by atoms with Crippen LogP contribution in [-0.2, 0) is 0 Å². The van der Waals surface area contributed by atoms with Crippen molar-refractivity contribution in [3.63, 3.8) is 0 Å². The topological polar surface area (TPSA) is 43.8 Å². The number of hydrogen-bond acceptors (Lipinski definition) is 3. The van der Waals surface area contributed by atoms with Crippen LogP contribution in [0.2, 0.25) is 0 Å². The van der Waals surface area contributed by atoms with Crippen LogP contribution in [0.25, 0.3) is 16.3 Å². The zero-order valence-electron chi connectivity index (χ0n) is 9.38. The number of nitrogens with zero attached hydrogens (tertiary/aromatic N) is 2. The van der Waals surface area contributed by atoms with Crippen LogP contribution < -0.4 is 5.73 Å². The van der Waals surface area contributed by atoms with Crippen molar-refractivity contribution in [1.82, 2.24) is 9.78 Å². The second-order valence-corrected chi connectivity index (χ2v) is 4.75. The lowest BCUT2D eigenvalue weighted by Crippen LogP contribution is -1.97. The van der Waals surface area contributed by atoms with Gasteiger partial charge in [-0.05, 0) is 23.6 Å². The van der Waals surface area contributed by atoms with Gasteiger partial charge in [-0.2, -0.15) is 5.10 Å². The molecule has 0 saturated carbocycles. The fourth-order valence-electron chi connectivity index (χ4n) is 1.75. The highest BCUT2D eigenvalue weighted by molar-refractivity contribution is 7.13. The molecule has 3 aromatic rings. The molecule has 2 aromatic heterocycles. The number of aromatic nitrogens is 2. The second-order valence-electron chi connectivity index (χ2n) is 3.81. The molecule has 2 N–H and O–H groups in total. The third-order valence-electron chi connectivity index (χ3n) is 2.60. The molecule has 3 rings (SSSR count). The predicted molar refractivity (Wildman–Crippen MR) is 71.2 cm³/mol. The van der Waals surface area contributed by atoms with E-state index in [4.69, 9.17) is 5.73 Å². The summed E-state index contributed by atoms with van der Waals surface area (Å²) in [6.45, 7) is 0. The summed E-state index contributed by atoms with van der Waals surface area (Å²) in [6.07, 6.45) is 1.63. The smallest absolute Gasteiger partial charge is 0.148 e. The van der Waals surface area contributed by atoms with Gasteiger partial charge in [0.25, 0.3) is 0 Å². The van der Waals surface area contributed by atoms with Gasteiger partial charge in [-0.15, -0.1) is 11.3 Å². The quantitative estimate of drug-likeness (QED) is 0.767. The van der Waals surface area contributed by atoms with Gasteiger partial charge in [0.2, 0.25) is 0 Å². The largest absolute Gasteiger partial charge is 0.396 e. The Morgan fingerprint density at radius 1 is 1.17 bits per heavy atom. The summed E-state index contributed by atoms with van der Waals surface area (Å²) in [5, 5.41) is 6.30. The van der Waals surface area contributed by atoms with E-state index in [1.54, 1.807) is 35.7 Å². The van der Waals surface area contributed by atoms with Crippen LogP contribution >= 0.6 is 11.3 Å². The minimum atomic E-state index is -0.322. The molecular weight excluding hydrogens is 249 g/mol. The highest BCUT2D eigenvalue weighted by Gasteiger charge is 2.12. The zero-order valence-corrected chi connectivity index (χ0v) is 10.2. The fourth-order valence-corrected chi connectivity index (χ4v) is 2.48. The monoisotopic (exact) mass is 259 g/mol. The first-order chi connectivity index (χ1) is 8.75. The standard InChI is InChI=1S/C13H10FN3S/c14-9-4-1-2-5-11(9)17-8-10(15)13(16-17)12-6-3-7-18-12/h1-8H,15H2. The summed E-state index contributed by atoms with van der Waals surface area (Å²) < 4.78 is 15.1. The van der Waals surface area contributed by atoms with Crippen molar-refractivity contribution in [3.05, 3.63) is 53.8 Å². The van der Waals surface area contributed by atoms with Crippen molar-refractivity contribution in [2.45, 2.75) is 0 Å². The Kier molecular flexibility index (Phi) is 2.60. The Hall–Kier alpha value is -2.14. The van der Waals surface area contributed by atoms with E-state index < -0.39 is 0 Å². The molecule has 0 aliphatic rings. The molecule has 18 heavy (non-hydrogen) atoms. The molecule has 0 spiro atoms. The number of para-hydroxylation sites is 1. The first-order valence-corrected chi connectivity index (χ1v) is 6.27. The van der Waals surface area contributed by atoms with Crippen LogP contribution in [0.15, 0.2) is 48.0 Å². The molecule has 0 aliphatic heterocycles. The Bertz CT molecular complexity index is 673. The van der Waals surface area contributed by atoms with Crippen molar-refractivity contribution in [1.29, 1.82) is 0 Å². The Labute approximate surface area is 107 Å². The van der Waals surface area contributed by atoms with Gasteiger partial charge in [0.05, 0.1) is 16.8 Å². The van der Waals surface area contributed by atoms with E-state index in [2.05, 4.69) is 5.10 Å². The number of nitrogens with two attached hydrogens (primary N) is 1. The highest BCUT2D eigenvalue weighted by atomic mass is 32.1. The number of hydrogen-bond donors (Lipinski definition) is 1. The van der Waals surface area contributed by atoms with Crippen LogP contribution in [0.5, 0.6) is 0 Å². The lowest BCUT2D eigenvalue weighted by molar-refractivity contribution is 0.611. The second kappa shape index (κ2) is 4.27. The SMILES string of the molecule is Nc1cn(-c2ccccc2F)nc1-c1cccs1. The first kappa shape index (κ1) is 11.0. The summed E-state index contributed by atoms with van der Waals surface area (Å²) in [7, 11) is 0. The summed E-state index contributed by atoms with van der Waals surface area (Å²) in [6, 6.07) is 10.3. The van der Waals surface area contributed by atoms with Gasteiger partial charge in [0.1, 0.15) is 17.2 Å². The molecule has 0 fully saturated rings. The summed E-state index contributed by atoms with van der Waals surface area (Å²) in [4.78, 5) is 0.975. The van der Waals surface area contributed by atoms with E-state index in [0.29, 0.717) is 17.1 Å². The van der Waals surface area contributed by atoms with E-state index in [0.717, 1.165) is 4.88 Å². The molecule has 1 aromatic carbocycles. The van der Waals surface area contributed by atoms with Gasteiger partial charge in [0.15, 0.2) is 0 Å². The Morgan fingerprint density at radius 3 is 2.72 bits per heavy atom. The van der Waals surface area contributed by atoms with Gasteiger partial charge in [-0.25, -0.2) is 9.07 Å². The van der Waals surface area contributed by atoms with Crippen molar-refractivity contribution in [3.8, 4) is 16.3 Å². The van der Waals surface area contributed by atoms with Crippen LogP contribution in [0, 0.1) is 5.82 Å². The van der Waals surface area contributed by atoms with E-state index >= 15 is 0 Å². The first-order valence-electron chi connectivity index (χ1n) is 5.39. The van der Waals surface area contributed by atoms with Crippen molar-refractivity contribution in [2.75, 3.05) is 5.73 Å². The van der Waals surface area contributed by atoms with E-state index in [1.165, 1.54) is 10.7 Å². The molecule has 5 heteroatoms. The summed E-state index contributed by atoms with van der Waals surface area (Å²) >= 11 is 1.55. The third-order valence-corrected chi connectivity index (χ3v) is 3.47.